The molecule has 2 N–H and O–H groups in total. The summed E-state index contributed by atoms with van der Waals surface area (Å²) < 4.78 is 1.81. The lowest BCUT2D eigenvalue weighted by atomic mass is 10.2. The summed E-state index contributed by atoms with van der Waals surface area (Å²) in [5, 5.41) is 9.15. The van der Waals surface area contributed by atoms with Gasteiger partial charge in [-0.1, -0.05) is 16.8 Å². The fourth-order valence-electron chi connectivity index (χ4n) is 1.97. The fourth-order valence-corrected chi connectivity index (χ4v) is 2.09. The Kier molecular flexibility index (Phi) is 2.61. The Morgan fingerprint density at radius 2 is 2.00 bits per heavy atom. The maximum absolute atomic E-state index is 5.87. The highest BCUT2D eigenvalue weighted by molar-refractivity contribution is 6.30. The Balaban J connectivity index is 2.04. The van der Waals surface area contributed by atoms with E-state index >= 15 is 0 Å². The highest BCUT2D eigenvalue weighted by atomic mass is 35.5. The first-order chi connectivity index (χ1) is 8.29. The Morgan fingerprint density at radius 3 is 2.59 bits per heavy atom. The van der Waals surface area contributed by atoms with E-state index in [1.807, 2.05) is 28.9 Å². The first-order valence-electron chi connectivity index (χ1n) is 5.70. The van der Waals surface area contributed by atoms with Crippen molar-refractivity contribution in [3.8, 4) is 5.69 Å². The molecule has 2 aromatic rings. The third-order valence-corrected chi connectivity index (χ3v) is 3.27. The molecule has 0 bridgehead atoms. The lowest BCUT2D eigenvalue weighted by molar-refractivity contribution is 0.761. The van der Waals surface area contributed by atoms with Crippen LogP contribution in [0.5, 0.6) is 0 Å². The predicted octanol–water partition coefficient (Wildman–Crippen LogP) is 2.26. The van der Waals surface area contributed by atoms with Crippen LogP contribution in [0.4, 0.5) is 0 Å². The van der Waals surface area contributed by atoms with Gasteiger partial charge in [-0.3, -0.25) is 0 Å². The second-order valence-electron chi connectivity index (χ2n) is 4.29. The lowest BCUT2D eigenvalue weighted by Gasteiger charge is -2.05. The lowest BCUT2D eigenvalue weighted by Crippen LogP contribution is -2.08. The number of halogens is 1. The van der Waals surface area contributed by atoms with Crippen molar-refractivity contribution in [2.24, 2.45) is 5.73 Å². The van der Waals surface area contributed by atoms with E-state index in [0.717, 1.165) is 17.1 Å². The molecule has 1 aliphatic carbocycles. The van der Waals surface area contributed by atoms with Crippen LogP contribution in [0.15, 0.2) is 24.3 Å². The minimum Gasteiger partial charge on any atom is -0.325 e. The van der Waals surface area contributed by atoms with Crippen LogP contribution < -0.4 is 5.73 Å². The van der Waals surface area contributed by atoms with E-state index in [1.54, 1.807) is 0 Å². The number of hydrogen-bond acceptors (Lipinski definition) is 3. The fraction of sp³-hybridized carbons (Fsp3) is 0.333. The van der Waals surface area contributed by atoms with Gasteiger partial charge < -0.3 is 5.73 Å². The van der Waals surface area contributed by atoms with Gasteiger partial charge >= 0.3 is 0 Å². The predicted molar refractivity (Wildman–Crippen MR) is 66.2 cm³/mol. The standard InChI is InChI=1S/C12H13ClN4/c13-9-3-5-10(6-4-9)17-11(7-14)12(15-16-17)8-1-2-8/h3-6,8H,1-2,7,14H2. The monoisotopic (exact) mass is 248 g/mol. The molecule has 0 radical (unpaired) electrons. The average molecular weight is 249 g/mol. The first kappa shape index (κ1) is 10.7. The summed E-state index contributed by atoms with van der Waals surface area (Å²) >= 11 is 5.87. The molecule has 3 rings (SSSR count). The molecule has 0 amide bonds. The van der Waals surface area contributed by atoms with Gasteiger partial charge in [0.15, 0.2) is 0 Å². The number of benzene rings is 1. The van der Waals surface area contributed by atoms with Gasteiger partial charge in [0, 0.05) is 17.5 Å². The molecule has 1 aliphatic rings. The number of nitrogens with zero attached hydrogens (tertiary/aromatic N) is 3. The van der Waals surface area contributed by atoms with E-state index in [1.165, 1.54) is 12.8 Å². The van der Waals surface area contributed by atoms with Gasteiger partial charge in [0.2, 0.25) is 0 Å². The molecular weight excluding hydrogens is 236 g/mol. The van der Waals surface area contributed by atoms with Crippen molar-refractivity contribution in [1.82, 2.24) is 15.0 Å². The van der Waals surface area contributed by atoms with Crippen molar-refractivity contribution in [2.75, 3.05) is 0 Å². The van der Waals surface area contributed by atoms with Crippen LogP contribution in [0.1, 0.15) is 30.1 Å². The number of aromatic nitrogens is 3. The normalized spacial score (nSPS) is 15.2. The Labute approximate surface area is 104 Å². The second-order valence-corrected chi connectivity index (χ2v) is 4.72. The van der Waals surface area contributed by atoms with Gasteiger partial charge in [0.25, 0.3) is 0 Å². The van der Waals surface area contributed by atoms with Crippen LogP contribution in [-0.2, 0) is 6.54 Å². The molecule has 17 heavy (non-hydrogen) atoms. The molecule has 88 valence electrons. The summed E-state index contributed by atoms with van der Waals surface area (Å²) in [5.74, 6) is 0.564. The van der Waals surface area contributed by atoms with Crippen LogP contribution in [-0.4, -0.2) is 15.0 Å². The molecule has 1 saturated carbocycles. The van der Waals surface area contributed by atoms with Gasteiger partial charge in [0.1, 0.15) is 0 Å². The highest BCUT2D eigenvalue weighted by Gasteiger charge is 2.30. The van der Waals surface area contributed by atoms with Crippen molar-refractivity contribution < 1.29 is 0 Å². The second kappa shape index (κ2) is 4.13. The largest absolute Gasteiger partial charge is 0.325 e. The highest BCUT2D eigenvalue weighted by Crippen LogP contribution is 2.40. The van der Waals surface area contributed by atoms with E-state index in [2.05, 4.69) is 10.3 Å². The van der Waals surface area contributed by atoms with Gasteiger partial charge in [0.05, 0.1) is 17.1 Å². The maximum atomic E-state index is 5.87. The Hall–Kier alpha value is -1.39. The summed E-state index contributed by atoms with van der Waals surface area (Å²) in [7, 11) is 0. The van der Waals surface area contributed by atoms with Crippen LogP contribution in [0.2, 0.25) is 5.02 Å². The van der Waals surface area contributed by atoms with Gasteiger partial charge in [-0.15, -0.1) is 5.10 Å². The maximum Gasteiger partial charge on any atom is 0.0907 e. The topological polar surface area (TPSA) is 56.7 Å². The van der Waals surface area contributed by atoms with E-state index in [0.29, 0.717) is 17.5 Å². The van der Waals surface area contributed by atoms with Crippen molar-refractivity contribution in [2.45, 2.75) is 25.3 Å². The zero-order valence-corrected chi connectivity index (χ0v) is 10.1. The van der Waals surface area contributed by atoms with E-state index < -0.39 is 0 Å². The molecule has 0 aliphatic heterocycles. The van der Waals surface area contributed by atoms with Crippen molar-refractivity contribution in [1.29, 1.82) is 0 Å². The molecule has 4 nitrogen and oxygen atoms in total. The molecule has 0 saturated heterocycles. The molecule has 1 aromatic carbocycles. The summed E-state index contributed by atoms with van der Waals surface area (Å²) in [6.45, 7) is 0.460. The van der Waals surface area contributed by atoms with E-state index in [4.69, 9.17) is 17.3 Å². The van der Waals surface area contributed by atoms with E-state index in [-0.39, 0.29) is 0 Å². The first-order valence-corrected chi connectivity index (χ1v) is 6.08. The zero-order chi connectivity index (χ0) is 11.8. The minimum absolute atomic E-state index is 0.460. The minimum atomic E-state index is 0.460. The summed E-state index contributed by atoms with van der Waals surface area (Å²) in [5.41, 5.74) is 8.82. The van der Waals surface area contributed by atoms with Crippen molar-refractivity contribution >= 4 is 11.6 Å². The summed E-state index contributed by atoms with van der Waals surface area (Å²) in [6.07, 6.45) is 2.40. The third-order valence-electron chi connectivity index (χ3n) is 3.02. The van der Waals surface area contributed by atoms with Gasteiger partial charge in [-0.25, -0.2) is 4.68 Å². The number of nitrogens with two attached hydrogens (primary N) is 1. The molecule has 1 fully saturated rings. The van der Waals surface area contributed by atoms with Gasteiger partial charge in [-0.05, 0) is 37.1 Å². The Bertz CT molecular complexity index is 528. The van der Waals surface area contributed by atoms with Gasteiger partial charge in [-0.2, -0.15) is 0 Å². The molecule has 1 aromatic heterocycles. The molecule has 1 heterocycles. The average Bonchev–Trinajstić information content (AvgIpc) is 3.10. The van der Waals surface area contributed by atoms with Crippen LogP contribution >= 0.6 is 11.6 Å². The third kappa shape index (κ3) is 1.94. The smallest absolute Gasteiger partial charge is 0.0907 e. The molecule has 0 spiro atoms. The quantitative estimate of drug-likeness (QED) is 0.907. The molecule has 0 unspecified atom stereocenters. The van der Waals surface area contributed by atoms with Crippen molar-refractivity contribution in [3.05, 3.63) is 40.7 Å². The molecule has 0 atom stereocenters. The van der Waals surface area contributed by atoms with Crippen LogP contribution in [0.3, 0.4) is 0 Å². The summed E-state index contributed by atoms with van der Waals surface area (Å²) in [6, 6.07) is 7.53. The summed E-state index contributed by atoms with van der Waals surface area (Å²) in [4.78, 5) is 0. The number of hydrogen-bond donors (Lipinski definition) is 1. The zero-order valence-electron chi connectivity index (χ0n) is 9.31. The SMILES string of the molecule is NCc1c(C2CC2)nnn1-c1ccc(Cl)cc1. The molecular formula is C12H13ClN4. The van der Waals surface area contributed by atoms with Crippen LogP contribution in [0, 0.1) is 0 Å². The Morgan fingerprint density at radius 1 is 1.29 bits per heavy atom. The number of rotatable bonds is 3. The molecule has 5 heteroatoms. The van der Waals surface area contributed by atoms with Crippen molar-refractivity contribution in [3.63, 3.8) is 0 Å². The van der Waals surface area contributed by atoms with Crippen LogP contribution in [0.25, 0.3) is 5.69 Å². The van der Waals surface area contributed by atoms with E-state index in [9.17, 15) is 0 Å².